The van der Waals surface area contributed by atoms with Gasteiger partial charge in [0.1, 0.15) is 17.4 Å². The summed E-state index contributed by atoms with van der Waals surface area (Å²) in [7, 11) is 0. The zero-order valence-electron chi connectivity index (χ0n) is 11.3. The van der Waals surface area contributed by atoms with Crippen LogP contribution in [-0.4, -0.2) is 30.3 Å². The van der Waals surface area contributed by atoms with Crippen molar-refractivity contribution in [2.45, 2.75) is 18.9 Å². The zero-order chi connectivity index (χ0) is 15.2. The maximum Gasteiger partial charge on any atom is 0.262 e. The molecule has 1 aromatic rings. The highest BCUT2D eigenvalue weighted by Crippen LogP contribution is 2.24. The number of carbonyl (C=O) groups excluding carboxylic acids is 1. The van der Waals surface area contributed by atoms with E-state index in [4.69, 9.17) is 10.00 Å². The van der Waals surface area contributed by atoms with E-state index in [-0.39, 0.29) is 17.4 Å². The molecule has 1 aliphatic rings. The standard InChI is InChI=1S/C15H15BrN2O3/c16-12-3-4-14(19)10(7-12)6-11(8-17)15(20)18-9-13-2-1-5-21-13/h3-4,6-7,13,19H,1-2,5,9H2,(H,18,20)/b11-6+/t13-/m0/s1. The number of benzene rings is 1. The number of hydrogen-bond donors (Lipinski definition) is 2. The van der Waals surface area contributed by atoms with E-state index < -0.39 is 5.91 Å². The predicted molar refractivity (Wildman–Crippen MR) is 81.4 cm³/mol. The lowest BCUT2D eigenvalue weighted by Gasteiger charge is -2.10. The summed E-state index contributed by atoms with van der Waals surface area (Å²) >= 11 is 3.28. The highest BCUT2D eigenvalue weighted by Gasteiger charge is 2.17. The highest BCUT2D eigenvalue weighted by molar-refractivity contribution is 9.10. The van der Waals surface area contributed by atoms with Crippen molar-refractivity contribution in [2.75, 3.05) is 13.2 Å². The van der Waals surface area contributed by atoms with Crippen LogP contribution in [-0.2, 0) is 9.53 Å². The zero-order valence-corrected chi connectivity index (χ0v) is 12.9. The van der Waals surface area contributed by atoms with Crippen LogP contribution in [0.2, 0.25) is 0 Å². The molecule has 110 valence electrons. The Hall–Kier alpha value is -1.84. The number of phenols is 1. The summed E-state index contributed by atoms with van der Waals surface area (Å²) in [5, 5.41) is 21.5. The van der Waals surface area contributed by atoms with E-state index in [0.717, 1.165) is 17.3 Å². The fourth-order valence-electron chi connectivity index (χ4n) is 2.05. The summed E-state index contributed by atoms with van der Waals surface area (Å²) in [5.74, 6) is -0.453. The Balaban J connectivity index is 2.07. The van der Waals surface area contributed by atoms with Crippen LogP contribution in [0.3, 0.4) is 0 Å². The number of rotatable bonds is 4. The quantitative estimate of drug-likeness (QED) is 0.645. The number of amides is 1. The summed E-state index contributed by atoms with van der Waals surface area (Å²) in [6.45, 7) is 1.11. The van der Waals surface area contributed by atoms with Crippen molar-refractivity contribution in [2.24, 2.45) is 0 Å². The lowest BCUT2D eigenvalue weighted by molar-refractivity contribution is -0.117. The molecule has 1 aromatic carbocycles. The molecule has 1 amide bonds. The number of hydrogen-bond acceptors (Lipinski definition) is 4. The number of carbonyl (C=O) groups is 1. The third kappa shape index (κ3) is 4.31. The Morgan fingerprint density at radius 2 is 2.43 bits per heavy atom. The molecule has 1 atom stereocenters. The topological polar surface area (TPSA) is 82.3 Å². The maximum atomic E-state index is 12.0. The number of halogens is 1. The molecule has 0 aliphatic carbocycles. The second kappa shape index (κ2) is 7.25. The summed E-state index contributed by atoms with van der Waals surface area (Å²) in [5.41, 5.74) is 0.356. The highest BCUT2D eigenvalue weighted by atomic mass is 79.9. The molecule has 0 aromatic heterocycles. The van der Waals surface area contributed by atoms with Crippen LogP contribution in [0.15, 0.2) is 28.2 Å². The minimum absolute atomic E-state index is 0.0119. The third-order valence-electron chi connectivity index (χ3n) is 3.17. The molecule has 6 heteroatoms. The number of nitriles is 1. The summed E-state index contributed by atoms with van der Waals surface area (Å²) in [6, 6.07) is 6.67. The lowest BCUT2D eigenvalue weighted by Crippen LogP contribution is -2.32. The second-order valence-corrected chi connectivity index (χ2v) is 5.63. The first-order valence-corrected chi connectivity index (χ1v) is 7.39. The SMILES string of the molecule is N#C/C(=C\c1cc(Br)ccc1O)C(=O)NC[C@@H]1CCCO1. The van der Waals surface area contributed by atoms with Gasteiger partial charge in [-0.05, 0) is 37.1 Å². The average molecular weight is 351 g/mol. The van der Waals surface area contributed by atoms with Gasteiger partial charge in [0, 0.05) is 23.2 Å². The average Bonchev–Trinajstić information content (AvgIpc) is 2.99. The maximum absolute atomic E-state index is 12.0. The Kier molecular flexibility index (Phi) is 5.37. The van der Waals surface area contributed by atoms with Gasteiger partial charge in [0.15, 0.2) is 0 Å². The van der Waals surface area contributed by atoms with Crippen LogP contribution in [0, 0.1) is 11.3 Å². The van der Waals surface area contributed by atoms with Gasteiger partial charge in [-0.15, -0.1) is 0 Å². The molecule has 0 spiro atoms. The fraction of sp³-hybridized carbons (Fsp3) is 0.333. The molecule has 1 heterocycles. The molecule has 5 nitrogen and oxygen atoms in total. The molecule has 0 bridgehead atoms. The van der Waals surface area contributed by atoms with Gasteiger partial charge in [-0.1, -0.05) is 15.9 Å². The van der Waals surface area contributed by atoms with E-state index in [1.165, 1.54) is 12.1 Å². The van der Waals surface area contributed by atoms with Gasteiger partial charge in [0.05, 0.1) is 6.10 Å². The molecule has 2 rings (SSSR count). The van der Waals surface area contributed by atoms with Crippen molar-refractivity contribution in [3.8, 4) is 11.8 Å². The van der Waals surface area contributed by atoms with Crippen LogP contribution >= 0.6 is 15.9 Å². The molecule has 0 saturated carbocycles. The van der Waals surface area contributed by atoms with Crippen LogP contribution in [0.5, 0.6) is 5.75 Å². The lowest BCUT2D eigenvalue weighted by atomic mass is 10.1. The van der Waals surface area contributed by atoms with Crippen molar-refractivity contribution >= 4 is 27.9 Å². The normalized spacial score (nSPS) is 18.3. The van der Waals surface area contributed by atoms with E-state index in [0.29, 0.717) is 18.7 Å². The monoisotopic (exact) mass is 350 g/mol. The summed E-state index contributed by atoms with van der Waals surface area (Å²) in [4.78, 5) is 12.0. The molecular formula is C15H15BrN2O3. The number of aromatic hydroxyl groups is 1. The third-order valence-corrected chi connectivity index (χ3v) is 3.66. The number of ether oxygens (including phenoxy) is 1. The Morgan fingerprint density at radius 3 is 3.10 bits per heavy atom. The smallest absolute Gasteiger partial charge is 0.262 e. The predicted octanol–water partition coefficient (Wildman–Crippen LogP) is 2.36. The number of phenolic OH excluding ortho intramolecular Hbond substituents is 1. The molecule has 0 radical (unpaired) electrons. The van der Waals surface area contributed by atoms with Crippen molar-refractivity contribution < 1.29 is 14.6 Å². The number of nitrogens with one attached hydrogen (secondary N) is 1. The van der Waals surface area contributed by atoms with Crippen LogP contribution in [0.4, 0.5) is 0 Å². The number of nitrogens with zero attached hydrogens (tertiary/aromatic N) is 1. The van der Waals surface area contributed by atoms with Crippen LogP contribution in [0.1, 0.15) is 18.4 Å². The summed E-state index contributed by atoms with van der Waals surface area (Å²) in [6.07, 6.45) is 3.30. The molecule has 21 heavy (non-hydrogen) atoms. The van der Waals surface area contributed by atoms with E-state index >= 15 is 0 Å². The minimum Gasteiger partial charge on any atom is -0.507 e. The van der Waals surface area contributed by atoms with E-state index in [1.54, 1.807) is 12.1 Å². The van der Waals surface area contributed by atoms with Crippen molar-refractivity contribution in [1.29, 1.82) is 5.26 Å². The van der Waals surface area contributed by atoms with Gasteiger partial charge in [-0.25, -0.2) is 0 Å². The van der Waals surface area contributed by atoms with Crippen LogP contribution in [0.25, 0.3) is 6.08 Å². The van der Waals surface area contributed by atoms with E-state index in [9.17, 15) is 9.90 Å². The van der Waals surface area contributed by atoms with Gasteiger partial charge in [-0.2, -0.15) is 5.26 Å². The molecule has 0 unspecified atom stereocenters. The van der Waals surface area contributed by atoms with Crippen molar-refractivity contribution in [3.63, 3.8) is 0 Å². The first kappa shape index (κ1) is 15.5. The molecule has 1 fully saturated rings. The van der Waals surface area contributed by atoms with Crippen LogP contribution < -0.4 is 5.32 Å². The Morgan fingerprint density at radius 1 is 1.62 bits per heavy atom. The van der Waals surface area contributed by atoms with Gasteiger partial charge >= 0.3 is 0 Å². The molecule has 2 N–H and O–H groups in total. The minimum atomic E-state index is -0.465. The van der Waals surface area contributed by atoms with E-state index in [1.807, 2.05) is 6.07 Å². The summed E-state index contributed by atoms with van der Waals surface area (Å²) < 4.78 is 6.16. The van der Waals surface area contributed by atoms with Gasteiger partial charge in [0.25, 0.3) is 5.91 Å². The first-order chi connectivity index (χ1) is 10.1. The largest absolute Gasteiger partial charge is 0.507 e. The molecule has 1 saturated heterocycles. The van der Waals surface area contributed by atoms with E-state index in [2.05, 4.69) is 21.2 Å². The molecular weight excluding hydrogens is 336 g/mol. The van der Waals surface area contributed by atoms with Gasteiger partial charge in [-0.3, -0.25) is 4.79 Å². The van der Waals surface area contributed by atoms with Gasteiger partial charge < -0.3 is 15.2 Å². The van der Waals surface area contributed by atoms with Crippen molar-refractivity contribution in [1.82, 2.24) is 5.32 Å². The first-order valence-electron chi connectivity index (χ1n) is 6.60. The Labute approximate surface area is 131 Å². The second-order valence-electron chi connectivity index (χ2n) is 4.72. The van der Waals surface area contributed by atoms with Crippen molar-refractivity contribution in [3.05, 3.63) is 33.8 Å². The van der Waals surface area contributed by atoms with Gasteiger partial charge in [0.2, 0.25) is 0 Å². The Bertz CT molecular complexity index is 601. The molecule has 1 aliphatic heterocycles. The fourth-order valence-corrected chi connectivity index (χ4v) is 2.43.